The molecule has 2 unspecified atom stereocenters. The fourth-order valence-corrected chi connectivity index (χ4v) is 2.65. The first-order valence-corrected chi connectivity index (χ1v) is 6.90. The van der Waals surface area contributed by atoms with Gasteiger partial charge in [0, 0.05) is 19.2 Å². The van der Waals surface area contributed by atoms with Gasteiger partial charge in [0.1, 0.15) is 0 Å². The fourth-order valence-electron chi connectivity index (χ4n) is 1.43. The van der Waals surface area contributed by atoms with Gasteiger partial charge in [-0.1, -0.05) is 6.92 Å². The quantitative estimate of drug-likeness (QED) is 0.664. The zero-order valence-electron chi connectivity index (χ0n) is 9.32. The largest absolute Gasteiger partial charge is 0.380 e. The van der Waals surface area contributed by atoms with E-state index in [2.05, 4.69) is 10.0 Å². The van der Waals surface area contributed by atoms with E-state index in [1.165, 1.54) is 0 Å². The van der Waals surface area contributed by atoms with Crippen molar-refractivity contribution in [2.24, 2.45) is 0 Å². The summed E-state index contributed by atoms with van der Waals surface area (Å²) in [6.07, 6.45) is 0.771. The molecule has 0 aromatic heterocycles. The zero-order chi connectivity index (χ0) is 11.3. The predicted molar refractivity (Wildman–Crippen MR) is 59.3 cm³/mol. The summed E-state index contributed by atoms with van der Waals surface area (Å²) in [5.74, 6) is 0. The van der Waals surface area contributed by atoms with Gasteiger partial charge < -0.3 is 10.1 Å². The van der Waals surface area contributed by atoms with E-state index in [9.17, 15) is 8.42 Å². The van der Waals surface area contributed by atoms with Gasteiger partial charge in [-0.05, 0) is 19.9 Å². The van der Waals surface area contributed by atoms with Crippen LogP contribution in [0.2, 0.25) is 0 Å². The molecule has 0 aromatic carbocycles. The van der Waals surface area contributed by atoms with E-state index in [1.807, 2.05) is 6.92 Å². The zero-order valence-corrected chi connectivity index (χ0v) is 10.1. The van der Waals surface area contributed by atoms with Crippen LogP contribution in [0.3, 0.4) is 0 Å². The maximum atomic E-state index is 11.8. The lowest BCUT2D eigenvalue weighted by molar-refractivity contribution is 0.192. The molecular formula is C9H20N2O3S. The first-order valence-electron chi connectivity index (χ1n) is 5.36. The fraction of sp³-hybridized carbons (Fsp3) is 1.00. The van der Waals surface area contributed by atoms with Crippen LogP contribution >= 0.6 is 0 Å². The minimum atomic E-state index is -3.21. The topological polar surface area (TPSA) is 67.4 Å². The molecule has 2 atom stereocenters. The second-order valence-corrected chi connectivity index (χ2v) is 5.97. The highest BCUT2D eigenvalue weighted by Gasteiger charge is 2.26. The van der Waals surface area contributed by atoms with Crippen molar-refractivity contribution in [3.8, 4) is 0 Å². The van der Waals surface area contributed by atoms with Crippen LogP contribution in [0.4, 0.5) is 0 Å². The Morgan fingerprint density at radius 1 is 1.53 bits per heavy atom. The minimum absolute atomic E-state index is 0.0425. The normalized spacial score (nSPS) is 24.3. The van der Waals surface area contributed by atoms with E-state index < -0.39 is 15.3 Å². The number of nitrogens with one attached hydrogen (secondary N) is 2. The Morgan fingerprint density at radius 2 is 2.27 bits per heavy atom. The van der Waals surface area contributed by atoms with Crippen LogP contribution < -0.4 is 10.0 Å². The maximum Gasteiger partial charge on any atom is 0.215 e. The van der Waals surface area contributed by atoms with Crippen LogP contribution in [0.25, 0.3) is 0 Å². The highest BCUT2D eigenvalue weighted by Crippen LogP contribution is 2.07. The van der Waals surface area contributed by atoms with Crippen molar-refractivity contribution in [2.45, 2.75) is 31.6 Å². The molecule has 0 saturated carbocycles. The summed E-state index contributed by atoms with van der Waals surface area (Å²) in [6.45, 7) is 6.08. The molecule has 1 aliphatic heterocycles. The summed E-state index contributed by atoms with van der Waals surface area (Å²) >= 11 is 0. The number of hydrogen-bond donors (Lipinski definition) is 2. The summed E-state index contributed by atoms with van der Waals surface area (Å²) in [6, 6.07) is -0.0425. The third-order valence-electron chi connectivity index (χ3n) is 2.47. The minimum Gasteiger partial charge on any atom is -0.380 e. The molecule has 6 heteroatoms. The van der Waals surface area contributed by atoms with Gasteiger partial charge in [0.05, 0.1) is 11.9 Å². The van der Waals surface area contributed by atoms with Crippen LogP contribution in [0.15, 0.2) is 0 Å². The van der Waals surface area contributed by atoms with Crippen molar-refractivity contribution < 1.29 is 13.2 Å². The lowest BCUT2D eigenvalue weighted by Crippen LogP contribution is -2.43. The van der Waals surface area contributed by atoms with E-state index in [-0.39, 0.29) is 6.04 Å². The summed E-state index contributed by atoms with van der Waals surface area (Å²) in [7, 11) is -3.21. The Hall–Kier alpha value is -0.170. The SMILES string of the molecule is CCNCC(C)S(=O)(=O)NC1CCOC1. The Kier molecular flexibility index (Phi) is 4.98. The maximum absolute atomic E-state index is 11.8. The van der Waals surface area contributed by atoms with E-state index in [0.29, 0.717) is 19.8 Å². The second kappa shape index (κ2) is 5.79. The molecule has 0 aliphatic carbocycles. The average molecular weight is 236 g/mol. The Morgan fingerprint density at radius 3 is 2.80 bits per heavy atom. The number of rotatable bonds is 6. The van der Waals surface area contributed by atoms with Crippen LogP contribution in [0, 0.1) is 0 Å². The molecule has 1 saturated heterocycles. The van der Waals surface area contributed by atoms with Gasteiger partial charge in [0.15, 0.2) is 0 Å². The molecule has 90 valence electrons. The van der Waals surface area contributed by atoms with Crippen molar-refractivity contribution in [3.63, 3.8) is 0 Å². The number of sulfonamides is 1. The van der Waals surface area contributed by atoms with E-state index in [4.69, 9.17) is 4.74 Å². The van der Waals surface area contributed by atoms with Gasteiger partial charge in [-0.25, -0.2) is 13.1 Å². The van der Waals surface area contributed by atoms with E-state index >= 15 is 0 Å². The third-order valence-corrected chi connectivity index (χ3v) is 4.36. The van der Waals surface area contributed by atoms with Gasteiger partial charge >= 0.3 is 0 Å². The molecule has 1 rings (SSSR count). The number of ether oxygens (including phenoxy) is 1. The first-order chi connectivity index (χ1) is 7.06. The van der Waals surface area contributed by atoms with Gasteiger partial charge in [0.25, 0.3) is 0 Å². The van der Waals surface area contributed by atoms with E-state index in [1.54, 1.807) is 6.92 Å². The molecule has 0 amide bonds. The van der Waals surface area contributed by atoms with Gasteiger partial charge in [-0.3, -0.25) is 0 Å². The molecule has 5 nitrogen and oxygen atoms in total. The summed E-state index contributed by atoms with van der Waals surface area (Å²) in [4.78, 5) is 0. The van der Waals surface area contributed by atoms with Crippen molar-refractivity contribution in [1.29, 1.82) is 0 Å². The molecule has 1 aliphatic rings. The summed E-state index contributed by atoms with van der Waals surface area (Å²) in [5, 5.41) is 2.62. The molecule has 0 radical (unpaired) electrons. The van der Waals surface area contributed by atoms with Crippen LogP contribution in [-0.2, 0) is 14.8 Å². The van der Waals surface area contributed by atoms with Crippen LogP contribution in [0.1, 0.15) is 20.3 Å². The van der Waals surface area contributed by atoms with E-state index in [0.717, 1.165) is 13.0 Å². The van der Waals surface area contributed by atoms with Crippen LogP contribution in [0.5, 0.6) is 0 Å². The molecule has 1 heterocycles. The summed E-state index contributed by atoms with van der Waals surface area (Å²) < 4.78 is 31.4. The third kappa shape index (κ3) is 4.06. The highest BCUT2D eigenvalue weighted by molar-refractivity contribution is 7.90. The van der Waals surface area contributed by atoms with Gasteiger partial charge in [-0.15, -0.1) is 0 Å². The molecule has 2 N–H and O–H groups in total. The van der Waals surface area contributed by atoms with Crippen molar-refractivity contribution in [3.05, 3.63) is 0 Å². The second-order valence-electron chi connectivity index (χ2n) is 3.84. The van der Waals surface area contributed by atoms with Crippen LogP contribution in [-0.4, -0.2) is 46.0 Å². The number of hydrogen-bond acceptors (Lipinski definition) is 4. The monoisotopic (exact) mass is 236 g/mol. The lowest BCUT2D eigenvalue weighted by Gasteiger charge is -2.17. The average Bonchev–Trinajstić information content (AvgIpc) is 2.65. The molecular weight excluding hydrogens is 216 g/mol. The smallest absolute Gasteiger partial charge is 0.215 e. The summed E-state index contributed by atoms with van der Waals surface area (Å²) in [5.41, 5.74) is 0. The Balaban J connectivity index is 2.42. The van der Waals surface area contributed by atoms with Gasteiger partial charge in [-0.2, -0.15) is 0 Å². The van der Waals surface area contributed by atoms with Crippen molar-refractivity contribution >= 4 is 10.0 Å². The molecule has 0 aromatic rings. The molecule has 1 fully saturated rings. The van der Waals surface area contributed by atoms with Crippen molar-refractivity contribution in [2.75, 3.05) is 26.3 Å². The standard InChI is InChI=1S/C9H20N2O3S/c1-3-10-6-8(2)15(12,13)11-9-4-5-14-7-9/h8-11H,3-7H2,1-2H3. The predicted octanol–water partition coefficient (Wildman–Crippen LogP) is -0.307. The molecule has 0 spiro atoms. The first kappa shape index (κ1) is 12.9. The van der Waals surface area contributed by atoms with Crippen molar-refractivity contribution in [1.82, 2.24) is 10.0 Å². The Labute approximate surface area is 91.6 Å². The van der Waals surface area contributed by atoms with Gasteiger partial charge in [0.2, 0.25) is 10.0 Å². The highest BCUT2D eigenvalue weighted by atomic mass is 32.2. The lowest BCUT2D eigenvalue weighted by atomic mass is 10.3. The molecule has 0 bridgehead atoms. The Bertz CT molecular complexity index is 273. The molecule has 15 heavy (non-hydrogen) atoms.